The maximum atomic E-state index is 13.7. The minimum Gasteiger partial charge on any atom is -0.496 e. The first-order valence-electron chi connectivity index (χ1n) is 21.5. The molecule has 11 nitrogen and oxygen atoms in total. The zero-order valence-corrected chi connectivity index (χ0v) is 36.9. The zero-order chi connectivity index (χ0) is 41.6. The van der Waals surface area contributed by atoms with Crippen LogP contribution in [0.3, 0.4) is 0 Å². The number of anilines is 1. The number of carbonyl (C=O) groups is 2. The summed E-state index contributed by atoms with van der Waals surface area (Å²) < 4.78 is 12.2. The molecule has 4 heterocycles. The second-order valence-electron chi connectivity index (χ2n) is 17.1. The van der Waals surface area contributed by atoms with Gasteiger partial charge in [0.15, 0.2) is 0 Å². The van der Waals surface area contributed by atoms with Crippen LogP contribution in [-0.4, -0.2) is 102 Å². The number of hydrogen-bond acceptors (Lipinski definition) is 9. The van der Waals surface area contributed by atoms with Crippen LogP contribution in [0.25, 0.3) is 22.0 Å². The first-order chi connectivity index (χ1) is 28.5. The Morgan fingerprint density at radius 1 is 1.00 bits per heavy atom. The molecular weight excluding hydrogens is 784 g/mol. The van der Waals surface area contributed by atoms with E-state index in [0.29, 0.717) is 30.7 Å². The molecule has 2 N–H and O–H groups in total. The predicted octanol–water partition coefficient (Wildman–Crippen LogP) is 10.0. The lowest BCUT2D eigenvalue weighted by atomic mass is 9.77. The van der Waals surface area contributed by atoms with Gasteiger partial charge in [-0.05, 0) is 144 Å². The van der Waals surface area contributed by atoms with Crippen molar-refractivity contribution >= 4 is 51.7 Å². The summed E-state index contributed by atoms with van der Waals surface area (Å²) in [7, 11) is 5.87. The Labute approximate surface area is 358 Å². The van der Waals surface area contributed by atoms with Crippen LogP contribution in [0, 0.1) is 18.8 Å². The van der Waals surface area contributed by atoms with Crippen LogP contribution in [0.1, 0.15) is 105 Å². The number of fused-ring (bicyclic) bond motifs is 1. The second kappa shape index (κ2) is 19.6. The van der Waals surface area contributed by atoms with Gasteiger partial charge in [-0.25, -0.2) is 14.8 Å². The molecule has 2 aromatic heterocycles. The molecule has 318 valence electrons. The smallest absolute Gasteiger partial charge is 0.407 e. The van der Waals surface area contributed by atoms with E-state index in [9.17, 15) is 14.7 Å². The zero-order valence-electron chi connectivity index (χ0n) is 35.3. The molecule has 0 radical (unpaired) electrons. The van der Waals surface area contributed by atoms with Crippen molar-refractivity contribution in [3.05, 3.63) is 68.6 Å². The average molecular weight is 846 g/mol. The third-order valence-corrected chi connectivity index (χ3v) is 14.1. The summed E-state index contributed by atoms with van der Waals surface area (Å²) in [4.78, 5) is 41.6. The third-order valence-electron chi connectivity index (χ3n) is 12.7. The van der Waals surface area contributed by atoms with Crippen LogP contribution in [0.4, 0.5) is 10.6 Å². The summed E-state index contributed by atoms with van der Waals surface area (Å²) >= 11 is 8.49. The van der Waals surface area contributed by atoms with E-state index in [2.05, 4.69) is 65.8 Å². The minimum absolute atomic E-state index is 0.00333. The summed E-state index contributed by atoms with van der Waals surface area (Å²) in [5.74, 6) is 3.55. The molecule has 0 spiro atoms. The monoisotopic (exact) mass is 844 g/mol. The molecular formula is C46H61ClN6O5S. The van der Waals surface area contributed by atoms with E-state index in [1.165, 1.54) is 15.3 Å². The van der Waals surface area contributed by atoms with Crippen LogP contribution in [0.15, 0.2) is 41.8 Å². The van der Waals surface area contributed by atoms with Crippen LogP contribution in [-0.2, 0) is 16.1 Å². The largest absolute Gasteiger partial charge is 0.496 e. The van der Waals surface area contributed by atoms with Gasteiger partial charge >= 0.3 is 6.09 Å². The number of nitrogens with one attached hydrogen (secondary N) is 1. The van der Waals surface area contributed by atoms with E-state index in [4.69, 9.17) is 31.0 Å². The Morgan fingerprint density at radius 3 is 2.42 bits per heavy atom. The number of carbonyl (C=O) groups excluding carboxylic acids is 1. The van der Waals surface area contributed by atoms with Gasteiger partial charge in [-0.15, -0.1) is 11.3 Å². The fraction of sp³-hybridized carbons (Fsp3) is 0.565. The third kappa shape index (κ3) is 10.5. The van der Waals surface area contributed by atoms with Gasteiger partial charge in [0.2, 0.25) is 5.91 Å². The fourth-order valence-electron chi connectivity index (χ4n) is 9.43. The van der Waals surface area contributed by atoms with Crippen molar-refractivity contribution < 1.29 is 24.2 Å². The molecule has 3 aliphatic rings. The molecule has 2 aliphatic heterocycles. The van der Waals surface area contributed by atoms with Crippen molar-refractivity contribution in [3.63, 3.8) is 0 Å². The highest BCUT2D eigenvalue weighted by Crippen LogP contribution is 2.43. The number of aryl methyl sites for hydroxylation is 1. The van der Waals surface area contributed by atoms with Crippen molar-refractivity contribution in [1.29, 1.82) is 0 Å². The molecule has 3 fully saturated rings. The molecule has 4 aromatic rings. The first kappa shape index (κ1) is 43.1. The lowest BCUT2D eigenvalue weighted by Gasteiger charge is -2.36. The van der Waals surface area contributed by atoms with Crippen LogP contribution < -0.4 is 10.1 Å². The highest BCUT2D eigenvalue weighted by molar-refractivity contribution is 7.10. The molecule has 1 aliphatic carbocycles. The lowest BCUT2D eigenvalue weighted by Crippen LogP contribution is -2.44. The predicted molar refractivity (Wildman–Crippen MR) is 237 cm³/mol. The maximum absolute atomic E-state index is 13.7. The van der Waals surface area contributed by atoms with Crippen molar-refractivity contribution in [1.82, 2.24) is 24.7 Å². The lowest BCUT2D eigenvalue weighted by molar-refractivity contribution is -0.139. The standard InChI is InChI=1S/C46H61ClN6O5S/c1-29(42-24-35(28-59-42)43-34(27-51(3)4)9-6-10-39(43)47)48-44-38-25-37(41(57-5)26-40(38)49-30(2)50-44)32-11-13-33(14-12-32)45(54)52-21-17-36(18-22-52)58-23-7-8-31-15-19-53(20-16-31)46(55)56/h6,9-10,24-26,28-29,31-33,36H,7-8,11-23,27H2,1-5H3,(H,55,56)(H,48,49,50)/t29-,32?,33?/m1/s1. The van der Waals surface area contributed by atoms with Crippen molar-refractivity contribution in [3.8, 4) is 16.9 Å². The fourth-order valence-corrected chi connectivity index (χ4v) is 10.6. The minimum atomic E-state index is -0.806. The van der Waals surface area contributed by atoms with Crippen molar-refractivity contribution in [2.24, 2.45) is 11.8 Å². The van der Waals surface area contributed by atoms with Gasteiger partial charge in [-0.2, -0.15) is 0 Å². The van der Waals surface area contributed by atoms with E-state index in [0.717, 1.165) is 135 Å². The number of methoxy groups -OCH3 is 1. The van der Waals surface area contributed by atoms with Crippen molar-refractivity contribution in [2.45, 2.75) is 103 Å². The van der Waals surface area contributed by atoms with E-state index in [1.54, 1.807) is 18.4 Å². The molecule has 0 bridgehead atoms. The van der Waals surface area contributed by atoms with Gasteiger partial charge in [-0.1, -0.05) is 23.7 Å². The molecule has 0 unspecified atom stereocenters. The number of thiophene rings is 1. The SMILES string of the molecule is COc1cc2nc(C)nc(N[C@H](C)c3cc(-c4c(Cl)cccc4CN(C)C)cs3)c2cc1C1CCC(C(=O)N2CCC(OCCCC3CCN(C(=O)O)CC3)CC2)CC1. The number of aromatic nitrogens is 2. The van der Waals surface area contributed by atoms with Gasteiger partial charge in [0, 0.05) is 72.2 Å². The van der Waals surface area contributed by atoms with Crippen LogP contribution in [0.2, 0.25) is 5.02 Å². The van der Waals surface area contributed by atoms with Gasteiger partial charge in [-0.3, -0.25) is 4.79 Å². The van der Waals surface area contributed by atoms with Gasteiger partial charge < -0.3 is 34.6 Å². The Hall–Kier alpha value is -3.97. The molecule has 1 saturated carbocycles. The van der Waals surface area contributed by atoms with Crippen LogP contribution >= 0.6 is 22.9 Å². The molecule has 2 amide bonds. The molecule has 7 rings (SSSR count). The quantitative estimate of drug-likeness (QED) is 0.120. The maximum Gasteiger partial charge on any atom is 0.407 e. The number of halogens is 1. The Kier molecular flexibility index (Phi) is 14.3. The number of hydrogen-bond donors (Lipinski definition) is 2. The second-order valence-corrected chi connectivity index (χ2v) is 18.5. The topological polar surface area (TPSA) is 120 Å². The van der Waals surface area contributed by atoms with Crippen molar-refractivity contribution in [2.75, 3.05) is 59.3 Å². The summed E-state index contributed by atoms with van der Waals surface area (Å²) in [5.41, 5.74) is 5.41. The van der Waals surface area contributed by atoms with E-state index < -0.39 is 6.09 Å². The Morgan fingerprint density at radius 2 is 1.73 bits per heavy atom. The summed E-state index contributed by atoms with van der Waals surface area (Å²) in [5, 5.41) is 16.8. The first-order valence-corrected chi connectivity index (χ1v) is 22.7. The number of carboxylic acid groups (broad SMARTS) is 1. The molecule has 1 atom stereocenters. The van der Waals surface area contributed by atoms with Gasteiger partial charge in [0.05, 0.1) is 24.8 Å². The normalized spacial score (nSPS) is 20.0. The number of likely N-dealkylation sites (tertiary alicyclic amines) is 2. The Bertz CT molecular complexity index is 2070. The highest BCUT2D eigenvalue weighted by Gasteiger charge is 2.33. The number of piperidine rings is 2. The number of benzene rings is 2. The summed E-state index contributed by atoms with van der Waals surface area (Å²) in [6.45, 7) is 8.44. The molecule has 13 heteroatoms. The van der Waals surface area contributed by atoms with E-state index in [1.807, 2.05) is 19.1 Å². The Balaban J connectivity index is 0.938. The molecule has 2 saturated heterocycles. The summed E-state index contributed by atoms with van der Waals surface area (Å²) in [6, 6.07) is 12.6. The highest BCUT2D eigenvalue weighted by atomic mass is 35.5. The number of ether oxygens (including phenoxy) is 2. The number of rotatable bonds is 14. The average Bonchev–Trinajstić information content (AvgIpc) is 3.72. The van der Waals surface area contributed by atoms with E-state index >= 15 is 0 Å². The van der Waals surface area contributed by atoms with Crippen LogP contribution in [0.5, 0.6) is 5.75 Å². The van der Waals surface area contributed by atoms with Gasteiger partial charge in [0.1, 0.15) is 17.4 Å². The summed E-state index contributed by atoms with van der Waals surface area (Å²) in [6.07, 6.45) is 8.73. The molecule has 59 heavy (non-hydrogen) atoms. The van der Waals surface area contributed by atoms with E-state index in [-0.39, 0.29) is 24.0 Å². The van der Waals surface area contributed by atoms with Gasteiger partial charge in [0.25, 0.3) is 0 Å². The number of nitrogens with zero attached hydrogens (tertiary/aromatic N) is 5. The number of amides is 2. The molecule has 2 aromatic carbocycles.